The normalized spacial score (nSPS) is 10.8. The summed E-state index contributed by atoms with van der Waals surface area (Å²) in [5, 5.41) is 10.3. The molecule has 3 heterocycles. The molecule has 5 rings (SSSR count). The average molecular weight is 818 g/mol. The van der Waals surface area contributed by atoms with Crippen LogP contribution in [0.2, 0.25) is 10.0 Å². The first-order valence-corrected chi connectivity index (χ1v) is 18.1. The van der Waals surface area contributed by atoms with Gasteiger partial charge in [0.15, 0.2) is 17.4 Å². The first-order chi connectivity index (χ1) is 26.1. The van der Waals surface area contributed by atoms with Crippen LogP contribution in [0.1, 0.15) is 49.3 Å². The van der Waals surface area contributed by atoms with Crippen LogP contribution in [-0.2, 0) is 28.9 Å². The number of rotatable bonds is 13. The highest BCUT2D eigenvalue weighted by atomic mass is 35.5. The van der Waals surface area contributed by atoms with Gasteiger partial charge in [0.2, 0.25) is 29.4 Å². The number of sulfonamides is 1. The number of aryl methyl sites for hydroxylation is 3. The third kappa shape index (κ3) is 10.3. The van der Waals surface area contributed by atoms with Crippen molar-refractivity contribution in [1.82, 2.24) is 34.3 Å². The molecule has 18 nitrogen and oxygen atoms in total. The number of amides is 2. The lowest BCUT2D eigenvalue weighted by Gasteiger charge is -2.10. The number of methoxy groups -OCH3 is 2. The van der Waals surface area contributed by atoms with Gasteiger partial charge in [0.25, 0.3) is 10.0 Å². The van der Waals surface area contributed by atoms with Gasteiger partial charge in [-0.2, -0.15) is 28.6 Å². The Morgan fingerprint density at radius 3 is 2.15 bits per heavy atom. The number of halogens is 2. The second-order valence-electron chi connectivity index (χ2n) is 11.0. The highest BCUT2D eigenvalue weighted by Crippen LogP contribution is 2.29. The topological polar surface area (TPSA) is 225 Å². The van der Waals surface area contributed by atoms with Crippen LogP contribution in [0.3, 0.4) is 0 Å². The van der Waals surface area contributed by atoms with Crippen molar-refractivity contribution in [2.45, 2.75) is 18.9 Å². The van der Waals surface area contributed by atoms with Gasteiger partial charge in [0.1, 0.15) is 11.1 Å². The van der Waals surface area contributed by atoms with Gasteiger partial charge >= 0.3 is 12.0 Å². The SMILES string of the molecule is CCOC(=O)c1cnn(C)c1S(=O)(=O)NC(=O)Nc1nc(OC)cc(OC)n1.Cc1nn(C)c(OCC(=O)c2ccccc2)c1C(=O)c1ccc(Cl)cc1Cl. The van der Waals surface area contributed by atoms with Crippen LogP contribution < -0.4 is 24.2 Å². The van der Waals surface area contributed by atoms with Gasteiger partial charge in [0.05, 0.1) is 43.8 Å². The number of nitrogens with one attached hydrogen (secondary N) is 2. The number of carbonyl (C=O) groups is 4. The molecule has 55 heavy (non-hydrogen) atoms. The summed E-state index contributed by atoms with van der Waals surface area (Å²) in [7, 11) is 1.16. The number of ether oxygens (including phenoxy) is 4. The number of Topliss-reactive ketones (excluding diaryl/α,β-unsaturated/α-hetero) is 1. The Hall–Kier alpha value is -6.05. The molecule has 5 aromatic rings. The summed E-state index contributed by atoms with van der Waals surface area (Å²) >= 11 is 12.1. The molecule has 3 aromatic heterocycles. The van der Waals surface area contributed by atoms with Crippen LogP contribution in [0.5, 0.6) is 17.6 Å². The third-order valence-corrected chi connectivity index (χ3v) is 9.19. The van der Waals surface area contributed by atoms with Gasteiger partial charge < -0.3 is 18.9 Å². The van der Waals surface area contributed by atoms with E-state index in [0.29, 0.717) is 16.3 Å². The monoisotopic (exact) mass is 816 g/mol. The molecule has 0 unspecified atom stereocenters. The molecule has 0 aliphatic rings. The minimum atomic E-state index is -4.47. The van der Waals surface area contributed by atoms with Gasteiger partial charge in [-0.25, -0.2) is 19.0 Å². The zero-order valence-corrected chi connectivity index (χ0v) is 32.4. The number of esters is 1. The maximum absolute atomic E-state index is 13.0. The summed E-state index contributed by atoms with van der Waals surface area (Å²) in [5.74, 6) is -1.31. The van der Waals surface area contributed by atoms with Gasteiger partial charge in [0, 0.05) is 30.2 Å². The lowest BCUT2D eigenvalue weighted by molar-refractivity contribution is 0.0521. The molecule has 2 amide bonds. The van der Waals surface area contributed by atoms with Crippen molar-refractivity contribution >= 4 is 62.7 Å². The number of ketones is 2. The maximum Gasteiger partial charge on any atom is 0.342 e. The summed E-state index contributed by atoms with van der Waals surface area (Å²) in [6.45, 7) is 3.09. The Balaban J connectivity index is 0.000000245. The van der Waals surface area contributed by atoms with Gasteiger partial charge in [-0.15, -0.1) is 0 Å². The second-order valence-corrected chi connectivity index (χ2v) is 13.4. The predicted molar refractivity (Wildman–Crippen MR) is 198 cm³/mol. The molecule has 0 radical (unpaired) electrons. The molecule has 21 heteroatoms. The van der Waals surface area contributed by atoms with E-state index >= 15 is 0 Å². The molecular formula is C34H34Cl2N8O10S. The fourth-order valence-corrected chi connectivity index (χ4v) is 6.48. The minimum Gasteiger partial charge on any atom is -0.481 e. The molecule has 0 aliphatic heterocycles. The molecule has 2 N–H and O–H groups in total. The minimum absolute atomic E-state index is 0.0378. The molecule has 0 aliphatic carbocycles. The van der Waals surface area contributed by atoms with Crippen LogP contribution in [0.4, 0.5) is 10.7 Å². The van der Waals surface area contributed by atoms with E-state index in [1.165, 1.54) is 38.1 Å². The van der Waals surface area contributed by atoms with E-state index in [-0.39, 0.29) is 70.1 Å². The van der Waals surface area contributed by atoms with Gasteiger partial charge in [-0.05, 0) is 32.0 Å². The zero-order chi connectivity index (χ0) is 40.4. The van der Waals surface area contributed by atoms with Crippen LogP contribution in [0.25, 0.3) is 0 Å². The maximum atomic E-state index is 13.0. The molecule has 0 bridgehead atoms. The first kappa shape index (κ1) is 41.7. The Kier molecular flexibility index (Phi) is 13.9. The number of anilines is 1. The van der Waals surface area contributed by atoms with Crippen molar-refractivity contribution in [3.05, 3.63) is 98.8 Å². The number of hydrogen-bond acceptors (Lipinski definition) is 14. The summed E-state index contributed by atoms with van der Waals surface area (Å²) in [6, 6.07) is 13.6. The average Bonchev–Trinajstić information content (AvgIpc) is 3.68. The third-order valence-electron chi connectivity index (χ3n) is 7.19. The van der Waals surface area contributed by atoms with E-state index in [1.54, 1.807) is 62.0 Å². The van der Waals surface area contributed by atoms with Crippen LogP contribution >= 0.6 is 23.2 Å². The molecule has 0 atom stereocenters. The Morgan fingerprint density at radius 2 is 1.55 bits per heavy atom. The summed E-state index contributed by atoms with van der Waals surface area (Å²) in [4.78, 5) is 57.1. The quantitative estimate of drug-likeness (QED) is 0.124. The Labute approximate surface area is 324 Å². The number of urea groups is 1. The Morgan fingerprint density at radius 1 is 0.891 bits per heavy atom. The lowest BCUT2D eigenvalue weighted by Crippen LogP contribution is -2.36. The number of aromatic nitrogens is 6. The van der Waals surface area contributed by atoms with Crippen LogP contribution in [0.15, 0.2) is 65.8 Å². The largest absolute Gasteiger partial charge is 0.481 e. The molecule has 0 saturated heterocycles. The molecule has 0 fully saturated rings. The Bertz CT molecular complexity index is 2310. The number of nitrogens with zero attached hydrogens (tertiary/aromatic N) is 6. The number of hydrogen-bond donors (Lipinski definition) is 2. The zero-order valence-electron chi connectivity index (χ0n) is 30.1. The van der Waals surface area contributed by atoms with E-state index in [2.05, 4.69) is 25.5 Å². The van der Waals surface area contributed by atoms with Crippen molar-refractivity contribution in [2.75, 3.05) is 32.8 Å². The van der Waals surface area contributed by atoms with Crippen molar-refractivity contribution < 1.29 is 46.5 Å². The van der Waals surface area contributed by atoms with E-state index in [0.717, 1.165) is 10.9 Å². The highest BCUT2D eigenvalue weighted by Gasteiger charge is 2.30. The molecule has 0 saturated carbocycles. The molecule has 2 aromatic carbocycles. The van der Waals surface area contributed by atoms with Crippen LogP contribution in [0, 0.1) is 6.92 Å². The lowest BCUT2D eigenvalue weighted by atomic mass is 10.0. The fraction of sp³-hybridized carbons (Fsp3) is 0.235. The van der Waals surface area contributed by atoms with E-state index in [9.17, 15) is 27.6 Å². The van der Waals surface area contributed by atoms with E-state index < -0.39 is 27.0 Å². The van der Waals surface area contributed by atoms with Crippen molar-refractivity contribution in [3.63, 3.8) is 0 Å². The predicted octanol–water partition coefficient (Wildman–Crippen LogP) is 4.44. The second kappa shape index (κ2) is 18.3. The fourth-order valence-electron chi connectivity index (χ4n) is 4.77. The molecular weight excluding hydrogens is 783 g/mol. The van der Waals surface area contributed by atoms with E-state index in [4.69, 9.17) is 42.1 Å². The summed E-state index contributed by atoms with van der Waals surface area (Å²) in [5.41, 5.74) is 1.25. The van der Waals surface area contributed by atoms with Crippen molar-refractivity contribution in [1.29, 1.82) is 0 Å². The first-order valence-electron chi connectivity index (χ1n) is 15.8. The highest BCUT2D eigenvalue weighted by molar-refractivity contribution is 7.90. The van der Waals surface area contributed by atoms with Crippen molar-refractivity contribution in [2.24, 2.45) is 14.1 Å². The summed E-state index contributed by atoms with van der Waals surface area (Å²) < 4.78 is 49.6. The van der Waals surface area contributed by atoms with Gasteiger partial charge in [-0.3, -0.25) is 19.6 Å². The standard InChI is InChI=1S/C20H16Cl2N2O3.C14H18N6O7S/c1-12-18(19(26)15-9-8-14(21)10-16(15)22)20(24(2)23-12)27-11-17(25)13-6-4-3-5-7-13;1-5-27-12(21)8-7-15-20(2)11(8)28(23,24)19-14(22)18-13-16-9(25-3)6-10(17-13)26-4/h3-10H,11H2,1-2H3;6-7H,5H2,1-4H3,(H2,16,17,18,19,22). The van der Waals surface area contributed by atoms with E-state index in [1.807, 2.05) is 6.07 Å². The summed E-state index contributed by atoms with van der Waals surface area (Å²) in [6.07, 6.45) is 1.03. The van der Waals surface area contributed by atoms with Crippen LogP contribution in [-0.4, -0.2) is 88.9 Å². The molecule has 0 spiro atoms. The van der Waals surface area contributed by atoms with Crippen molar-refractivity contribution in [3.8, 4) is 17.6 Å². The van der Waals surface area contributed by atoms with Gasteiger partial charge in [-0.1, -0.05) is 53.5 Å². The number of benzene rings is 2. The smallest absolute Gasteiger partial charge is 0.342 e. The number of carbonyl (C=O) groups excluding carboxylic acids is 4. The molecule has 290 valence electrons.